The Morgan fingerprint density at radius 1 is 1.23 bits per heavy atom. The molecule has 0 unspecified atom stereocenters. The number of hydrogen-bond donors (Lipinski definition) is 1. The van der Waals surface area contributed by atoms with Crippen LogP contribution < -0.4 is 10.2 Å². The van der Waals surface area contributed by atoms with Crippen molar-refractivity contribution < 1.29 is 13.2 Å². The number of rotatable bonds is 5. The van der Waals surface area contributed by atoms with E-state index in [0.29, 0.717) is 0 Å². The van der Waals surface area contributed by atoms with Crippen molar-refractivity contribution in [2.24, 2.45) is 5.41 Å². The highest BCUT2D eigenvalue weighted by Gasteiger charge is 2.34. The number of aromatic nitrogens is 1. The fourth-order valence-electron chi connectivity index (χ4n) is 3.24. The summed E-state index contributed by atoms with van der Waals surface area (Å²) in [5, 5.41) is 4.32. The number of nitrogens with one attached hydrogen (secondary N) is 1. The average molecular weight is 438 g/mol. The first kappa shape index (κ1) is 24.0. The van der Waals surface area contributed by atoms with Crippen LogP contribution in [0.2, 0.25) is 0 Å². The van der Waals surface area contributed by atoms with Gasteiger partial charge in [0.1, 0.15) is 0 Å². The van der Waals surface area contributed by atoms with Crippen molar-refractivity contribution in [3.8, 4) is 0 Å². The molecule has 3 nitrogen and oxygen atoms in total. The Hall–Kier alpha value is -2.28. The second kappa shape index (κ2) is 10.2. The summed E-state index contributed by atoms with van der Waals surface area (Å²) in [7, 11) is 0. The van der Waals surface area contributed by atoms with E-state index < -0.39 is 11.9 Å². The van der Waals surface area contributed by atoms with Crippen molar-refractivity contribution in [3.05, 3.63) is 59.3 Å². The number of anilines is 3. The fourth-order valence-corrected chi connectivity index (χ4v) is 3.97. The SMILES string of the molecule is C/C=C\CC.CCC1=CC(C)(C)CN1c1ccccc1Nc1nc(C(F)(F)F)cs1. The molecule has 2 aromatic rings. The minimum atomic E-state index is -4.42. The van der Waals surface area contributed by atoms with Gasteiger partial charge < -0.3 is 10.2 Å². The summed E-state index contributed by atoms with van der Waals surface area (Å²) >= 11 is 0.953. The van der Waals surface area contributed by atoms with Crippen molar-refractivity contribution in [2.45, 2.75) is 53.6 Å². The number of allylic oxidation sites excluding steroid dienone is 3. The van der Waals surface area contributed by atoms with Crippen LogP contribution in [0.5, 0.6) is 0 Å². The lowest BCUT2D eigenvalue weighted by Crippen LogP contribution is -2.25. The largest absolute Gasteiger partial charge is 0.434 e. The molecule has 1 aliphatic heterocycles. The van der Waals surface area contributed by atoms with Crippen LogP contribution in [0.4, 0.5) is 29.7 Å². The minimum Gasteiger partial charge on any atom is -0.343 e. The van der Waals surface area contributed by atoms with E-state index in [4.69, 9.17) is 0 Å². The molecule has 0 amide bonds. The van der Waals surface area contributed by atoms with Gasteiger partial charge in [-0.25, -0.2) is 4.98 Å². The van der Waals surface area contributed by atoms with Gasteiger partial charge in [-0.05, 0) is 31.9 Å². The molecule has 0 bridgehead atoms. The quantitative estimate of drug-likeness (QED) is 0.480. The fraction of sp³-hybridized carbons (Fsp3) is 0.435. The van der Waals surface area contributed by atoms with Crippen LogP contribution in [0.25, 0.3) is 0 Å². The highest BCUT2D eigenvalue weighted by molar-refractivity contribution is 7.13. The van der Waals surface area contributed by atoms with Gasteiger partial charge in [-0.2, -0.15) is 13.2 Å². The number of para-hydroxylation sites is 2. The van der Waals surface area contributed by atoms with E-state index >= 15 is 0 Å². The topological polar surface area (TPSA) is 28.2 Å². The third-order valence-electron chi connectivity index (χ3n) is 4.53. The Balaban J connectivity index is 0.000000575. The van der Waals surface area contributed by atoms with Crippen molar-refractivity contribution >= 4 is 27.8 Å². The zero-order valence-electron chi connectivity index (χ0n) is 18.2. The number of hydrogen-bond acceptors (Lipinski definition) is 4. The Morgan fingerprint density at radius 2 is 1.93 bits per heavy atom. The lowest BCUT2D eigenvalue weighted by Gasteiger charge is -2.27. The van der Waals surface area contributed by atoms with Gasteiger partial charge in [0.15, 0.2) is 10.8 Å². The molecule has 3 rings (SSSR count). The van der Waals surface area contributed by atoms with Crippen LogP contribution in [0.3, 0.4) is 0 Å². The van der Waals surface area contributed by atoms with Crippen molar-refractivity contribution in [1.29, 1.82) is 0 Å². The average Bonchev–Trinajstić information content (AvgIpc) is 3.27. The maximum Gasteiger partial charge on any atom is 0.434 e. The van der Waals surface area contributed by atoms with Crippen molar-refractivity contribution in [3.63, 3.8) is 0 Å². The zero-order valence-corrected chi connectivity index (χ0v) is 19.0. The highest BCUT2D eigenvalue weighted by atomic mass is 32.1. The summed E-state index contributed by atoms with van der Waals surface area (Å²) in [6, 6.07) is 7.64. The Morgan fingerprint density at radius 3 is 2.47 bits per heavy atom. The van der Waals surface area contributed by atoms with Gasteiger partial charge in [0, 0.05) is 23.0 Å². The van der Waals surface area contributed by atoms with Crippen LogP contribution in [0, 0.1) is 5.41 Å². The van der Waals surface area contributed by atoms with Crippen LogP contribution in [-0.2, 0) is 6.18 Å². The van der Waals surface area contributed by atoms with Gasteiger partial charge in [0.05, 0.1) is 11.4 Å². The molecular weight excluding hydrogens is 407 g/mol. The predicted molar refractivity (Wildman–Crippen MR) is 121 cm³/mol. The number of nitrogens with zero attached hydrogens (tertiary/aromatic N) is 2. The maximum absolute atomic E-state index is 12.7. The highest BCUT2D eigenvalue weighted by Crippen LogP contribution is 2.40. The summed E-state index contributed by atoms with van der Waals surface area (Å²) in [5.41, 5.74) is 2.11. The van der Waals surface area contributed by atoms with Gasteiger partial charge in [0.25, 0.3) is 0 Å². The second-order valence-electron chi connectivity index (χ2n) is 7.72. The van der Waals surface area contributed by atoms with Crippen LogP contribution >= 0.6 is 11.3 Å². The van der Waals surface area contributed by atoms with E-state index in [0.717, 1.165) is 47.5 Å². The van der Waals surface area contributed by atoms with E-state index in [1.807, 2.05) is 31.2 Å². The first-order chi connectivity index (χ1) is 14.1. The molecule has 164 valence electrons. The van der Waals surface area contributed by atoms with Gasteiger partial charge >= 0.3 is 6.18 Å². The van der Waals surface area contributed by atoms with Gasteiger partial charge in [0.2, 0.25) is 0 Å². The summed E-state index contributed by atoms with van der Waals surface area (Å²) in [5.74, 6) is 0. The summed E-state index contributed by atoms with van der Waals surface area (Å²) < 4.78 is 38.2. The van der Waals surface area contributed by atoms with E-state index in [9.17, 15) is 13.2 Å². The monoisotopic (exact) mass is 437 g/mol. The van der Waals surface area contributed by atoms with Gasteiger partial charge in [-0.1, -0.05) is 58.1 Å². The molecule has 0 aliphatic carbocycles. The molecule has 30 heavy (non-hydrogen) atoms. The maximum atomic E-state index is 12.7. The normalized spacial score (nSPS) is 15.7. The number of benzene rings is 1. The third-order valence-corrected chi connectivity index (χ3v) is 5.29. The lowest BCUT2D eigenvalue weighted by atomic mass is 9.95. The van der Waals surface area contributed by atoms with Crippen LogP contribution in [0.15, 0.2) is 53.6 Å². The van der Waals surface area contributed by atoms with E-state index in [1.165, 1.54) is 5.70 Å². The Labute approximate surface area is 181 Å². The van der Waals surface area contributed by atoms with Crippen molar-refractivity contribution in [1.82, 2.24) is 4.98 Å². The molecular formula is C23H30F3N3S. The molecule has 1 aromatic carbocycles. The molecule has 0 atom stereocenters. The minimum absolute atomic E-state index is 0.0586. The van der Waals surface area contributed by atoms with Crippen LogP contribution in [0.1, 0.15) is 53.2 Å². The molecule has 0 spiro atoms. The number of halogens is 3. The van der Waals surface area contributed by atoms with Gasteiger partial charge in [-0.15, -0.1) is 11.3 Å². The molecule has 0 fully saturated rings. The first-order valence-electron chi connectivity index (χ1n) is 10.1. The smallest absolute Gasteiger partial charge is 0.343 e. The van der Waals surface area contributed by atoms with E-state index in [2.05, 4.69) is 61.1 Å². The number of alkyl halides is 3. The first-order valence-corrected chi connectivity index (χ1v) is 11.0. The molecule has 0 saturated carbocycles. The molecule has 0 saturated heterocycles. The third kappa shape index (κ3) is 6.36. The lowest BCUT2D eigenvalue weighted by molar-refractivity contribution is -0.140. The number of thiazole rings is 1. The zero-order chi connectivity index (χ0) is 22.4. The Bertz CT molecular complexity index is 882. The van der Waals surface area contributed by atoms with Gasteiger partial charge in [-0.3, -0.25) is 0 Å². The summed E-state index contributed by atoms with van der Waals surface area (Å²) in [4.78, 5) is 5.88. The standard InChI is InChI=1S/C18H20F3N3S.C5H10/c1-4-12-9-17(2,3)11-24(12)14-8-6-5-7-13(14)22-16-23-15(10-25-16)18(19,20)21;1-3-5-4-2/h5-10H,4,11H2,1-3H3,(H,22,23);3,5H,4H2,1-2H3/b;5-3-. The van der Waals surface area contributed by atoms with Crippen molar-refractivity contribution in [2.75, 3.05) is 16.8 Å². The van der Waals surface area contributed by atoms with E-state index in [1.54, 1.807) is 0 Å². The molecule has 2 heterocycles. The second-order valence-corrected chi connectivity index (χ2v) is 8.58. The molecule has 1 aromatic heterocycles. The summed E-state index contributed by atoms with van der Waals surface area (Å²) in [6.07, 6.45) is 4.08. The summed E-state index contributed by atoms with van der Waals surface area (Å²) in [6.45, 7) is 11.4. The molecule has 7 heteroatoms. The molecule has 1 N–H and O–H groups in total. The molecule has 1 aliphatic rings. The predicted octanol–water partition coefficient (Wildman–Crippen LogP) is 8.02. The Kier molecular flexibility index (Phi) is 8.12. The van der Waals surface area contributed by atoms with Crippen LogP contribution in [-0.4, -0.2) is 11.5 Å². The van der Waals surface area contributed by atoms with E-state index in [-0.39, 0.29) is 10.5 Å². The molecule has 0 radical (unpaired) electrons.